The van der Waals surface area contributed by atoms with Crippen molar-refractivity contribution in [1.29, 1.82) is 0 Å². The predicted molar refractivity (Wildman–Crippen MR) is 129 cm³/mol. The molecule has 0 saturated carbocycles. The van der Waals surface area contributed by atoms with Gasteiger partial charge in [-0.1, -0.05) is 12.8 Å². The highest BCUT2D eigenvalue weighted by atomic mass is 32.2. The molecular formula is C26H34N2O4S. The molecule has 3 heterocycles. The van der Waals surface area contributed by atoms with Gasteiger partial charge in [0.2, 0.25) is 9.84 Å². The molecule has 0 spiro atoms. The molecular weight excluding hydrogens is 436 g/mol. The van der Waals surface area contributed by atoms with Crippen molar-refractivity contribution in [1.82, 2.24) is 9.80 Å². The first-order chi connectivity index (χ1) is 16.1. The third-order valence-electron chi connectivity index (χ3n) is 7.02. The highest BCUT2D eigenvalue weighted by molar-refractivity contribution is 7.92. The van der Waals surface area contributed by atoms with Gasteiger partial charge in [0.05, 0.1) is 9.79 Å². The third kappa shape index (κ3) is 5.05. The number of rotatable bonds is 8. The summed E-state index contributed by atoms with van der Waals surface area (Å²) in [5.41, 5.74) is 1.45. The van der Waals surface area contributed by atoms with Gasteiger partial charge in [0.15, 0.2) is 0 Å². The number of likely N-dealkylation sites (tertiary alicyclic amines) is 2. The molecule has 0 bridgehead atoms. The van der Waals surface area contributed by atoms with Gasteiger partial charge in [-0.25, -0.2) is 8.42 Å². The van der Waals surface area contributed by atoms with Crippen LogP contribution in [0.3, 0.4) is 0 Å². The molecule has 2 aromatic carbocycles. The minimum absolute atomic E-state index is 0.332. The summed E-state index contributed by atoms with van der Waals surface area (Å²) in [5.74, 6) is 1.33. The van der Waals surface area contributed by atoms with Crippen LogP contribution in [0, 0.1) is 0 Å². The smallest absolute Gasteiger partial charge is 0.207 e. The SMILES string of the molecule is O=S1(=O)c2ccc(OCCN3CCCCC3)cc2-c2ccc(OCCN3CCCCC3)cc21. The van der Waals surface area contributed by atoms with Gasteiger partial charge in [-0.2, -0.15) is 0 Å². The van der Waals surface area contributed by atoms with Crippen LogP contribution < -0.4 is 9.47 Å². The van der Waals surface area contributed by atoms with Crippen LogP contribution in [0.2, 0.25) is 0 Å². The summed E-state index contributed by atoms with van der Waals surface area (Å²) in [7, 11) is -3.54. The number of hydrogen-bond donors (Lipinski definition) is 0. The molecule has 0 aromatic heterocycles. The van der Waals surface area contributed by atoms with E-state index in [0.29, 0.717) is 28.8 Å². The normalized spacial score (nSPS) is 20.2. The van der Waals surface area contributed by atoms with E-state index < -0.39 is 9.84 Å². The van der Waals surface area contributed by atoms with Crippen LogP contribution >= 0.6 is 0 Å². The molecule has 0 N–H and O–H groups in total. The lowest BCUT2D eigenvalue weighted by Gasteiger charge is -2.26. The summed E-state index contributed by atoms with van der Waals surface area (Å²) in [5, 5.41) is 0. The van der Waals surface area contributed by atoms with Crippen molar-refractivity contribution in [2.75, 3.05) is 52.5 Å². The Morgan fingerprint density at radius 1 is 0.636 bits per heavy atom. The Balaban J connectivity index is 1.25. The standard InChI is InChI=1S/C26H34N2O4S/c29-33(30)25-10-8-21(31-17-15-27-11-3-1-4-12-27)19-24(25)23-9-7-22(20-26(23)33)32-18-16-28-13-5-2-6-14-28/h7-10,19-20H,1-6,11-18H2. The first-order valence-electron chi connectivity index (χ1n) is 12.4. The number of ether oxygens (including phenoxy) is 2. The third-order valence-corrected chi connectivity index (χ3v) is 8.87. The molecule has 2 saturated heterocycles. The van der Waals surface area contributed by atoms with E-state index in [0.717, 1.165) is 56.1 Å². The number of hydrogen-bond acceptors (Lipinski definition) is 6. The van der Waals surface area contributed by atoms with E-state index in [1.807, 2.05) is 18.2 Å². The van der Waals surface area contributed by atoms with Gasteiger partial charge < -0.3 is 9.47 Å². The maximum Gasteiger partial charge on any atom is 0.207 e. The molecule has 7 heteroatoms. The highest BCUT2D eigenvalue weighted by Crippen LogP contribution is 2.45. The number of nitrogens with zero attached hydrogens (tertiary/aromatic N) is 2. The van der Waals surface area contributed by atoms with E-state index in [9.17, 15) is 8.42 Å². The summed E-state index contributed by atoms with van der Waals surface area (Å²) >= 11 is 0. The molecule has 6 nitrogen and oxygen atoms in total. The monoisotopic (exact) mass is 470 g/mol. The minimum atomic E-state index is -3.54. The van der Waals surface area contributed by atoms with E-state index in [4.69, 9.17) is 9.47 Å². The Bertz CT molecular complexity index is 1070. The zero-order chi connectivity index (χ0) is 22.7. The molecule has 0 aliphatic carbocycles. The minimum Gasteiger partial charge on any atom is -0.492 e. The zero-order valence-corrected chi connectivity index (χ0v) is 20.1. The number of benzene rings is 2. The Morgan fingerprint density at radius 2 is 1.18 bits per heavy atom. The first kappa shape index (κ1) is 22.7. The molecule has 3 aliphatic heterocycles. The summed E-state index contributed by atoms with van der Waals surface area (Å²) in [6.45, 7) is 7.50. The largest absolute Gasteiger partial charge is 0.492 e. The van der Waals surface area contributed by atoms with Crippen molar-refractivity contribution in [3.63, 3.8) is 0 Å². The number of sulfone groups is 1. The zero-order valence-electron chi connectivity index (χ0n) is 19.3. The van der Waals surface area contributed by atoms with Gasteiger partial charge in [0.1, 0.15) is 24.7 Å². The molecule has 0 amide bonds. The lowest BCUT2D eigenvalue weighted by Crippen LogP contribution is -2.33. The summed E-state index contributed by atoms with van der Waals surface area (Å²) < 4.78 is 38.2. The second kappa shape index (κ2) is 10.0. The van der Waals surface area contributed by atoms with Crippen LogP contribution in [-0.4, -0.2) is 70.7 Å². The van der Waals surface area contributed by atoms with Gasteiger partial charge in [-0.3, -0.25) is 9.80 Å². The summed E-state index contributed by atoms with van der Waals surface area (Å²) in [6.07, 6.45) is 7.65. The number of piperidine rings is 2. The van der Waals surface area contributed by atoms with Gasteiger partial charge in [-0.15, -0.1) is 0 Å². The van der Waals surface area contributed by atoms with Crippen LogP contribution in [0.5, 0.6) is 11.5 Å². The molecule has 5 rings (SSSR count). The topological polar surface area (TPSA) is 59.1 Å². The van der Waals surface area contributed by atoms with Gasteiger partial charge >= 0.3 is 0 Å². The molecule has 0 unspecified atom stereocenters. The average molecular weight is 471 g/mol. The Labute approximate surface area is 197 Å². The second-order valence-electron chi connectivity index (χ2n) is 9.32. The fourth-order valence-corrected chi connectivity index (χ4v) is 6.83. The molecule has 0 radical (unpaired) electrons. The quantitative estimate of drug-likeness (QED) is 0.491. The number of fused-ring (bicyclic) bond motifs is 3. The van der Waals surface area contributed by atoms with Gasteiger partial charge in [0, 0.05) is 24.2 Å². The first-order valence-corrected chi connectivity index (χ1v) is 13.8. The van der Waals surface area contributed by atoms with E-state index in [2.05, 4.69) is 9.80 Å². The van der Waals surface area contributed by atoms with Gasteiger partial charge in [-0.05, 0) is 88.3 Å². The molecule has 3 aliphatic rings. The lowest BCUT2D eigenvalue weighted by molar-refractivity contribution is 0.183. The van der Waals surface area contributed by atoms with E-state index in [1.54, 1.807) is 18.2 Å². The van der Waals surface area contributed by atoms with Crippen molar-refractivity contribution in [3.05, 3.63) is 36.4 Å². The lowest BCUT2D eigenvalue weighted by atomic mass is 10.1. The molecule has 178 valence electrons. The van der Waals surface area contributed by atoms with Crippen LogP contribution in [-0.2, 0) is 9.84 Å². The summed E-state index contributed by atoms with van der Waals surface area (Å²) in [6, 6.07) is 10.7. The molecule has 33 heavy (non-hydrogen) atoms. The van der Waals surface area contributed by atoms with Crippen molar-refractivity contribution in [3.8, 4) is 22.6 Å². The van der Waals surface area contributed by atoms with Crippen molar-refractivity contribution in [2.45, 2.75) is 48.3 Å². The Morgan fingerprint density at radius 3 is 1.79 bits per heavy atom. The van der Waals surface area contributed by atoms with Crippen molar-refractivity contribution < 1.29 is 17.9 Å². The van der Waals surface area contributed by atoms with E-state index >= 15 is 0 Å². The predicted octanol–water partition coefficient (Wildman–Crippen LogP) is 4.23. The van der Waals surface area contributed by atoms with Gasteiger partial charge in [0.25, 0.3) is 0 Å². The van der Waals surface area contributed by atoms with Crippen LogP contribution in [0.15, 0.2) is 46.2 Å². The van der Waals surface area contributed by atoms with E-state index in [1.165, 1.54) is 38.5 Å². The maximum absolute atomic E-state index is 13.2. The molecule has 0 atom stereocenters. The average Bonchev–Trinajstić information content (AvgIpc) is 3.06. The summed E-state index contributed by atoms with van der Waals surface area (Å²) in [4.78, 5) is 5.53. The fraction of sp³-hybridized carbons (Fsp3) is 0.538. The maximum atomic E-state index is 13.2. The van der Waals surface area contributed by atoms with Crippen LogP contribution in [0.25, 0.3) is 11.1 Å². The molecule has 2 aromatic rings. The fourth-order valence-electron chi connectivity index (χ4n) is 5.15. The Hall–Kier alpha value is -2.09. The Kier molecular flexibility index (Phi) is 6.90. The van der Waals surface area contributed by atoms with Crippen LogP contribution in [0.4, 0.5) is 0 Å². The van der Waals surface area contributed by atoms with Crippen LogP contribution in [0.1, 0.15) is 38.5 Å². The second-order valence-corrected chi connectivity index (χ2v) is 11.2. The molecule has 2 fully saturated rings. The van der Waals surface area contributed by atoms with Crippen molar-refractivity contribution >= 4 is 9.84 Å². The highest BCUT2D eigenvalue weighted by Gasteiger charge is 2.33. The van der Waals surface area contributed by atoms with Crippen molar-refractivity contribution in [2.24, 2.45) is 0 Å². The van der Waals surface area contributed by atoms with E-state index in [-0.39, 0.29) is 0 Å².